The summed E-state index contributed by atoms with van der Waals surface area (Å²) >= 11 is 11.3. The van der Waals surface area contributed by atoms with Gasteiger partial charge in [0.05, 0.1) is 15.7 Å². The Balaban J connectivity index is 2.71. The minimum atomic E-state index is -1.80. The van der Waals surface area contributed by atoms with E-state index in [9.17, 15) is 9.00 Å². The van der Waals surface area contributed by atoms with Crippen LogP contribution in [0, 0.1) is 0 Å². The first-order chi connectivity index (χ1) is 6.05. The van der Waals surface area contributed by atoms with Gasteiger partial charge >= 0.3 is 0 Å². The van der Waals surface area contributed by atoms with Gasteiger partial charge in [-0.3, -0.25) is 9.00 Å². The SMILES string of the molecule is O=C1c2ccccc2S(=O)C1(Cl)Cl. The molecule has 1 aromatic carbocycles. The topological polar surface area (TPSA) is 34.1 Å². The van der Waals surface area contributed by atoms with Crippen molar-refractivity contribution in [2.24, 2.45) is 0 Å². The highest BCUT2D eigenvalue weighted by molar-refractivity contribution is 7.91. The van der Waals surface area contributed by atoms with Gasteiger partial charge in [-0.2, -0.15) is 0 Å². The van der Waals surface area contributed by atoms with E-state index in [1.54, 1.807) is 24.3 Å². The molecule has 68 valence electrons. The van der Waals surface area contributed by atoms with Crippen molar-refractivity contribution >= 4 is 39.8 Å². The average molecular weight is 235 g/mol. The molecule has 1 unspecified atom stereocenters. The molecule has 0 saturated carbocycles. The molecule has 0 spiro atoms. The third-order valence-electron chi connectivity index (χ3n) is 1.83. The van der Waals surface area contributed by atoms with E-state index in [0.717, 1.165) is 0 Å². The maximum atomic E-state index is 11.6. The van der Waals surface area contributed by atoms with Crippen LogP contribution < -0.4 is 0 Å². The number of benzene rings is 1. The fraction of sp³-hybridized carbons (Fsp3) is 0.125. The lowest BCUT2D eigenvalue weighted by molar-refractivity contribution is 0.0999. The van der Waals surface area contributed by atoms with Gasteiger partial charge in [0.25, 0.3) is 3.67 Å². The predicted molar refractivity (Wildman–Crippen MR) is 51.6 cm³/mol. The number of alkyl halides is 2. The summed E-state index contributed by atoms with van der Waals surface area (Å²) in [6, 6.07) is 6.54. The van der Waals surface area contributed by atoms with Gasteiger partial charge in [-0.1, -0.05) is 41.4 Å². The molecule has 0 fully saturated rings. The summed E-state index contributed by atoms with van der Waals surface area (Å²) in [7, 11) is -1.66. The average Bonchev–Trinajstić information content (AvgIpc) is 2.30. The molecule has 2 nitrogen and oxygen atoms in total. The van der Waals surface area contributed by atoms with Crippen LogP contribution in [-0.2, 0) is 10.8 Å². The smallest absolute Gasteiger partial charge is 0.258 e. The van der Waals surface area contributed by atoms with Gasteiger partial charge in [-0.25, -0.2) is 0 Å². The zero-order chi connectivity index (χ0) is 9.64. The normalized spacial score (nSPS) is 24.5. The highest BCUT2D eigenvalue weighted by Gasteiger charge is 2.49. The summed E-state index contributed by atoms with van der Waals surface area (Å²) in [4.78, 5) is 11.9. The van der Waals surface area contributed by atoms with Crippen LogP contribution in [0.1, 0.15) is 10.4 Å². The molecule has 0 aliphatic carbocycles. The number of carbonyl (C=O) groups excluding carboxylic acids is 1. The molecule has 0 radical (unpaired) electrons. The summed E-state index contributed by atoms with van der Waals surface area (Å²) in [5, 5.41) is 0. The van der Waals surface area contributed by atoms with E-state index in [1.807, 2.05) is 0 Å². The molecule has 1 aliphatic rings. The second-order valence-corrected chi connectivity index (χ2v) is 5.98. The summed E-state index contributed by atoms with van der Waals surface area (Å²) < 4.78 is 9.75. The molecule has 5 heteroatoms. The Morgan fingerprint density at radius 3 is 2.46 bits per heavy atom. The van der Waals surface area contributed by atoms with Crippen molar-refractivity contribution in [1.29, 1.82) is 0 Å². The van der Waals surface area contributed by atoms with Crippen molar-refractivity contribution in [2.75, 3.05) is 0 Å². The number of hydrogen-bond donors (Lipinski definition) is 0. The predicted octanol–water partition coefficient (Wildman–Crippen LogP) is 2.12. The minimum Gasteiger partial charge on any atom is -0.290 e. The van der Waals surface area contributed by atoms with Crippen LogP contribution in [-0.4, -0.2) is 13.7 Å². The quantitative estimate of drug-likeness (QED) is 0.645. The molecule has 0 amide bonds. The van der Waals surface area contributed by atoms with Gasteiger partial charge < -0.3 is 0 Å². The number of hydrogen-bond acceptors (Lipinski definition) is 2. The van der Waals surface area contributed by atoms with Crippen LogP contribution in [0.2, 0.25) is 0 Å². The number of rotatable bonds is 0. The zero-order valence-electron chi connectivity index (χ0n) is 6.29. The van der Waals surface area contributed by atoms with E-state index >= 15 is 0 Å². The van der Waals surface area contributed by atoms with E-state index in [4.69, 9.17) is 23.2 Å². The van der Waals surface area contributed by atoms with E-state index < -0.39 is 20.2 Å². The van der Waals surface area contributed by atoms with Crippen LogP contribution in [0.15, 0.2) is 29.2 Å². The molecule has 0 saturated heterocycles. The van der Waals surface area contributed by atoms with Gasteiger partial charge in [0, 0.05) is 5.56 Å². The van der Waals surface area contributed by atoms with Crippen LogP contribution in [0.5, 0.6) is 0 Å². The minimum absolute atomic E-state index is 0.353. The van der Waals surface area contributed by atoms with Crippen molar-refractivity contribution < 1.29 is 9.00 Å². The van der Waals surface area contributed by atoms with Crippen LogP contribution in [0.25, 0.3) is 0 Å². The Labute approximate surface area is 87.3 Å². The van der Waals surface area contributed by atoms with Crippen LogP contribution >= 0.6 is 23.2 Å². The first-order valence-electron chi connectivity index (χ1n) is 3.48. The third-order valence-corrected chi connectivity index (χ3v) is 4.42. The molecular weight excluding hydrogens is 231 g/mol. The van der Waals surface area contributed by atoms with Crippen molar-refractivity contribution in [3.8, 4) is 0 Å². The monoisotopic (exact) mass is 234 g/mol. The van der Waals surface area contributed by atoms with Crippen molar-refractivity contribution in [3.63, 3.8) is 0 Å². The zero-order valence-corrected chi connectivity index (χ0v) is 8.62. The van der Waals surface area contributed by atoms with Gasteiger partial charge in [0.1, 0.15) is 0 Å². The van der Waals surface area contributed by atoms with Gasteiger partial charge in [0.15, 0.2) is 0 Å². The van der Waals surface area contributed by atoms with Crippen molar-refractivity contribution in [2.45, 2.75) is 8.56 Å². The van der Waals surface area contributed by atoms with Gasteiger partial charge in [-0.15, -0.1) is 0 Å². The molecule has 0 bridgehead atoms. The van der Waals surface area contributed by atoms with E-state index in [-0.39, 0.29) is 0 Å². The first-order valence-corrected chi connectivity index (χ1v) is 5.39. The second-order valence-electron chi connectivity index (χ2n) is 2.61. The Morgan fingerprint density at radius 1 is 1.23 bits per heavy atom. The molecular formula is C8H4Cl2O2S. The van der Waals surface area contributed by atoms with E-state index in [0.29, 0.717) is 10.5 Å². The standard InChI is InChI=1S/C8H4Cl2O2S/c9-8(10)7(11)5-3-1-2-4-6(5)13(8)12/h1-4H. The Hall–Kier alpha value is -0.380. The Bertz CT molecular complexity index is 377. The van der Waals surface area contributed by atoms with Crippen molar-refractivity contribution in [3.05, 3.63) is 29.8 Å². The molecule has 1 atom stereocenters. The van der Waals surface area contributed by atoms with Crippen LogP contribution in [0.4, 0.5) is 0 Å². The van der Waals surface area contributed by atoms with Crippen molar-refractivity contribution in [1.82, 2.24) is 0 Å². The maximum absolute atomic E-state index is 11.6. The number of fused-ring (bicyclic) bond motifs is 1. The lowest BCUT2D eigenvalue weighted by Crippen LogP contribution is -2.23. The number of halogens is 2. The third kappa shape index (κ3) is 1.15. The highest BCUT2D eigenvalue weighted by atomic mass is 35.5. The Kier molecular flexibility index (Phi) is 1.98. The summed E-state index contributed by atoms with van der Waals surface area (Å²) in [5.41, 5.74) is 0.353. The lowest BCUT2D eigenvalue weighted by Gasteiger charge is -2.05. The molecule has 0 aromatic heterocycles. The van der Waals surface area contributed by atoms with Crippen LogP contribution in [0.3, 0.4) is 0 Å². The summed E-state index contributed by atoms with van der Waals surface area (Å²) in [6.45, 7) is 0. The van der Waals surface area contributed by atoms with Gasteiger partial charge in [-0.05, 0) is 6.07 Å². The molecule has 13 heavy (non-hydrogen) atoms. The summed E-state index contributed by atoms with van der Waals surface area (Å²) in [6.07, 6.45) is 0. The largest absolute Gasteiger partial charge is 0.290 e. The summed E-state index contributed by atoms with van der Waals surface area (Å²) in [5.74, 6) is -0.482. The Morgan fingerprint density at radius 2 is 1.85 bits per heavy atom. The lowest BCUT2D eigenvalue weighted by atomic mass is 10.1. The highest BCUT2D eigenvalue weighted by Crippen LogP contribution is 2.41. The number of carbonyl (C=O) groups is 1. The molecule has 1 aliphatic heterocycles. The van der Waals surface area contributed by atoms with E-state index in [1.165, 1.54) is 0 Å². The number of ketones is 1. The fourth-order valence-corrected chi connectivity index (χ4v) is 3.01. The fourth-order valence-electron chi connectivity index (χ4n) is 1.19. The van der Waals surface area contributed by atoms with E-state index in [2.05, 4.69) is 0 Å². The maximum Gasteiger partial charge on any atom is 0.258 e. The first kappa shape index (κ1) is 9.19. The molecule has 0 N–H and O–H groups in total. The van der Waals surface area contributed by atoms with Gasteiger partial charge in [0.2, 0.25) is 5.78 Å². The second kappa shape index (κ2) is 2.80. The molecule has 1 heterocycles. The molecule has 1 aromatic rings. The number of Topliss-reactive ketones (excluding diaryl/α,β-unsaturated/α-hetero) is 1. The molecule has 2 rings (SSSR count).